The number of carbonyl (C=O) groups excluding carboxylic acids is 1. The van der Waals surface area contributed by atoms with Crippen LogP contribution in [0.2, 0.25) is 5.02 Å². The van der Waals surface area contributed by atoms with Crippen LogP contribution in [0.25, 0.3) is 0 Å². The molecule has 0 unspecified atom stereocenters. The van der Waals surface area contributed by atoms with E-state index in [9.17, 15) is 15.0 Å². The Labute approximate surface area is 180 Å². The summed E-state index contributed by atoms with van der Waals surface area (Å²) in [7, 11) is 0. The summed E-state index contributed by atoms with van der Waals surface area (Å²) in [4.78, 5) is 27.0. The third-order valence-electron chi connectivity index (χ3n) is 5.80. The molecule has 2 aliphatic rings. The van der Waals surface area contributed by atoms with Gasteiger partial charge in [-0.2, -0.15) is 0 Å². The second-order valence-electron chi connectivity index (χ2n) is 8.01. The normalized spacial score (nSPS) is 25.0. The molecule has 0 aliphatic carbocycles. The molecule has 160 valence electrons. The predicted octanol–water partition coefficient (Wildman–Crippen LogP) is 0.429. The number of hydrogen-bond donors (Lipinski definition) is 2. The number of anilines is 1. The number of aliphatic hydroxyl groups is 2. The summed E-state index contributed by atoms with van der Waals surface area (Å²) in [5.41, 5.74) is -0.477. The Balaban J connectivity index is 1.31. The smallest absolute Gasteiger partial charge is 0.227 e. The van der Waals surface area contributed by atoms with Crippen LogP contribution in [0.3, 0.4) is 0 Å². The van der Waals surface area contributed by atoms with Gasteiger partial charge in [0.25, 0.3) is 0 Å². The molecule has 1 aromatic carbocycles. The summed E-state index contributed by atoms with van der Waals surface area (Å²) >= 11 is 5.89. The van der Waals surface area contributed by atoms with Gasteiger partial charge in [-0.15, -0.1) is 0 Å². The zero-order valence-corrected chi connectivity index (χ0v) is 17.4. The highest BCUT2D eigenvalue weighted by Gasteiger charge is 2.47. The van der Waals surface area contributed by atoms with E-state index in [4.69, 9.17) is 11.6 Å². The average molecular weight is 432 g/mol. The molecule has 4 rings (SSSR count). The number of rotatable bonds is 5. The number of halogens is 1. The van der Waals surface area contributed by atoms with Gasteiger partial charge in [-0.05, 0) is 23.8 Å². The highest BCUT2D eigenvalue weighted by molar-refractivity contribution is 6.30. The van der Waals surface area contributed by atoms with Crippen molar-refractivity contribution in [3.05, 3.63) is 53.3 Å². The zero-order chi connectivity index (χ0) is 21.1. The lowest BCUT2D eigenvalue weighted by molar-refractivity contribution is -0.130. The Morgan fingerprint density at radius 1 is 1.13 bits per heavy atom. The van der Waals surface area contributed by atoms with Gasteiger partial charge in [0.2, 0.25) is 11.9 Å². The maximum Gasteiger partial charge on any atom is 0.227 e. The third-order valence-corrected chi connectivity index (χ3v) is 6.06. The van der Waals surface area contributed by atoms with Crippen LogP contribution in [0.1, 0.15) is 5.56 Å². The monoisotopic (exact) mass is 431 g/mol. The molecular weight excluding hydrogens is 406 g/mol. The molecular formula is C21H26ClN5O3. The minimum atomic E-state index is -1.33. The van der Waals surface area contributed by atoms with Gasteiger partial charge in [0.1, 0.15) is 11.7 Å². The van der Waals surface area contributed by atoms with E-state index in [0.29, 0.717) is 17.5 Å². The van der Waals surface area contributed by atoms with E-state index in [1.165, 1.54) is 0 Å². The Morgan fingerprint density at radius 3 is 2.47 bits per heavy atom. The summed E-state index contributed by atoms with van der Waals surface area (Å²) in [6.45, 7) is 3.54. The van der Waals surface area contributed by atoms with E-state index in [1.807, 2.05) is 12.1 Å². The van der Waals surface area contributed by atoms with E-state index < -0.39 is 11.7 Å². The van der Waals surface area contributed by atoms with Crippen LogP contribution < -0.4 is 4.90 Å². The van der Waals surface area contributed by atoms with Gasteiger partial charge >= 0.3 is 0 Å². The topological polar surface area (TPSA) is 93.0 Å². The van der Waals surface area contributed by atoms with Crippen LogP contribution in [0.15, 0.2) is 42.7 Å². The molecule has 1 amide bonds. The summed E-state index contributed by atoms with van der Waals surface area (Å²) in [6, 6.07) is 8.92. The van der Waals surface area contributed by atoms with Crippen molar-refractivity contribution in [2.24, 2.45) is 0 Å². The summed E-state index contributed by atoms with van der Waals surface area (Å²) in [5.74, 6) is 0.592. The van der Waals surface area contributed by atoms with Crippen LogP contribution in [-0.4, -0.2) is 93.4 Å². The van der Waals surface area contributed by atoms with Crippen molar-refractivity contribution in [3.8, 4) is 0 Å². The standard InChI is InChI=1S/C21H26ClN5O3/c22-17-4-2-16(3-5-17)12-19(29)27-13-18(28)21(30,15-27)14-25-8-10-26(11-9-25)20-23-6-1-7-24-20/h1-7,18,28,30H,8-15H2/t18-,21+/m1/s1. The SMILES string of the molecule is O=C(Cc1ccc(Cl)cc1)N1C[C@@H](O)[C@](O)(CN2CCN(c3ncccn3)CC2)C1. The number of piperazine rings is 1. The fraction of sp³-hybridized carbons (Fsp3) is 0.476. The first-order valence-electron chi connectivity index (χ1n) is 10.1. The fourth-order valence-corrected chi connectivity index (χ4v) is 4.19. The number of nitrogens with zero attached hydrogens (tertiary/aromatic N) is 5. The van der Waals surface area contributed by atoms with Gasteiger partial charge in [0.05, 0.1) is 13.0 Å². The summed E-state index contributed by atoms with van der Waals surface area (Å²) in [5, 5.41) is 22.2. The highest BCUT2D eigenvalue weighted by Crippen LogP contribution is 2.25. The van der Waals surface area contributed by atoms with Gasteiger partial charge in [0, 0.05) is 56.7 Å². The Hall–Kier alpha value is -2.26. The molecule has 1 aromatic heterocycles. The van der Waals surface area contributed by atoms with Crippen LogP contribution in [0.5, 0.6) is 0 Å². The van der Waals surface area contributed by atoms with Crippen molar-refractivity contribution in [2.45, 2.75) is 18.1 Å². The molecule has 2 N–H and O–H groups in total. The van der Waals surface area contributed by atoms with Crippen molar-refractivity contribution in [3.63, 3.8) is 0 Å². The molecule has 0 saturated carbocycles. The second-order valence-corrected chi connectivity index (χ2v) is 8.45. The number of likely N-dealkylation sites (tertiary alicyclic amines) is 1. The van der Waals surface area contributed by atoms with Crippen molar-refractivity contribution in [1.82, 2.24) is 19.8 Å². The maximum atomic E-state index is 12.7. The molecule has 0 bridgehead atoms. The van der Waals surface area contributed by atoms with Crippen LogP contribution in [-0.2, 0) is 11.2 Å². The summed E-state index contributed by atoms with van der Waals surface area (Å²) in [6.07, 6.45) is 2.70. The first-order valence-corrected chi connectivity index (χ1v) is 10.5. The molecule has 2 saturated heterocycles. The predicted molar refractivity (Wildman–Crippen MR) is 113 cm³/mol. The minimum absolute atomic E-state index is 0.113. The number of amides is 1. The Kier molecular flexibility index (Phi) is 6.19. The van der Waals surface area contributed by atoms with Crippen LogP contribution >= 0.6 is 11.6 Å². The number of aliphatic hydroxyl groups excluding tert-OH is 1. The molecule has 2 fully saturated rings. The maximum absolute atomic E-state index is 12.7. The third kappa shape index (κ3) is 4.73. The minimum Gasteiger partial charge on any atom is -0.388 e. The number of hydrogen-bond acceptors (Lipinski definition) is 7. The number of benzene rings is 1. The lowest BCUT2D eigenvalue weighted by Gasteiger charge is -2.38. The van der Waals surface area contributed by atoms with Crippen LogP contribution in [0.4, 0.5) is 5.95 Å². The van der Waals surface area contributed by atoms with Crippen molar-refractivity contribution in [2.75, 3.05) is 50.7 Å². The van der Waals surface area contributed by atoms with Crippen molar-refractivity contribution in [1.29, 1.82) is 0 Å². The molecule has 2 aromatic rings. The quantitative estimate of drug-likeness (QED) is 0.709. The van der Waals surface area contributed by atoms with Gasteiger partial charge in [-0.1, -0.05) is 23.7 Å². The average Bonchev–Trinajstić information content (AvgIpc) is 3.05. The molecule has 2 atom stereocenters. The molecule has 0 spiro atoms. The van der Waals surface area contributed by atoms with E-state index in [1.54, 1.807) is 35.5 Å². The van der Waals surface area contributed by atoms with E-state index >= 15 is 0 Å². The van der Waals surface area contributed by atoms with Gasteiger partial charge < -0.3 is 20.0 Å². The molecule has 30 heavy (non-hydrogen) atoms. The highest BCUT2D eigenvalue weighted by atomic mass is 35.5. The van der Waals surface area contributed by atoms with Gasteiger partial charge in [0.15, 0.2) is 0 Å². The van der Waals surface area contributed by atoms with Gasteiger partial charge in [-0.3, -0.25) is 9.69 Å². The lowest BCUT2D eigenvalue weighted by Crippen LogP contribution is -2.56. The molecule has 8 nitrogen and oxygen atoms in total. The number of β-amino-alcohol motifs (C(OH)–C–C–N with tert-alkyl or cyclic N) is 2. The fourth-order valence-electron chi connectivity index (χ4n) is 4.06. The lowest BCUT2D eigenvalue weighted by atomic mass is 9.99. The van der Waals surface area contributed by atoms with Gasteiger partial charge in [-0.25, -0.2) is 9.97 Å². The molecule has 0 radical (unpaired) electrons. The zero-order valence-electron chi connectivity index (χ0n) is 16.7. The van der Waals surface area contributed by atoms with E-state index in [-0.39, 0.29) is 25.4 Å². The first kappa shape index (κ1) is 21.0. The van der Waals surface area contributed by atoms with E-state index in [2.05, 4.69) is 19.8 Å². The molecule has 2 aliphatic heterocycles. The molecule has 3 heterocycles. The van der Waals surface area contributed by atoms with E-state index in [0.717, 1.165) is 31.7 Å². The van der Waals surface area contributed by atoms with Crippen LogP contribution in [0, 0.1) is 0 Å². The summed E-state index contributed by atoms with van der Waals surface area (Å²) < 4.78 is 0. The first-order chi connectivity index (χ1) is 14.4. The van der Waals surface area contributed by atoms with Crippen molar-refractivity contribution >= 4 is 23.5 Å². The largest absolute Gasteiger partial charge is 0.388 e. The number of aromatic nitrogens is 2. The Bertz CT molecular complexity index is 861. The van der Waals surface area contributed by atoms with Crippen molar-refractivity contribution < 1.29 is 15.0 Å². The number of carbonyl (C=O) groups is 1. The Morgan fingerprint density at radius 2 is 1.80 bits per heavy atom. The second kappa shape index (κ2) is 8.85. The molecule has 9 heteroatoms.